The van der Waals surface area contributed by atoms with Gasteiger partial charge in [0.05, 0.1) is 12.1 Å². The van der Waals surface area contributed by atoms with Crippen LogP contribution in [0.15, 0.2) is 48.5 Å². The number of aromatic amines is 1. The van der Waals surface area contributed by atoms with Gasteiger partial charge >= 0.3 is 6.09 Å². The minimum atomic E-state index is -0.877. The number of hydroxylamine groups is 2. The number of para-hydroxylation sites is 1. The number of hydrogen-bond acceptors (Lipinski definition) is 4. The third-order valence-corrected chi connectivity index (χ3v) is 4.37. The van der Waals surface area contributed by atoms with Crippen LogP contribution in [0.1, 0.15) is 12.0 Å². The lowest BCUT2D eigenvalue weighted by Gasteiger charge is -2.25. The summed E-state index contributed by atoms with van der Waals surface area (Å²) in [6.07, 6.45) is 1.48. The van der Waals surface area contributed by atoms with E-state index in [1.54, 1.807) is 6.08 Å². The van der Waals surface area contributed by atoms with Crippen LogP contribution in [0.2, 0.25) is 0 Å². The maximum absolute atomic E-state index is 13.9. The summed E-state index contributed by atoms with van der Waals surface area (Å²) in [6.45, 7) is 0.649. The number of H-pyrrole nitrogens is 1. The first kappa shape index (κ1) is 17.2. The molecular formula is C19H16F2N4O2. The predicted octanol–water partition coefficient (Wildman–Crippen LogP) is 4.09. The molecule has 1 aliphatic rings. The lowest BCUT2D eigenvalue weighted by Crippen LogP contribution is -2.33. The van der Waals surface area contributed by atoms with Crippen LogP contribution in [0.3, 0.4) is 0 Å². The van der Waals surface area contributed by atoms with Crippen LogP contribution in [0.5, 0.6) is 0 Å². The summed E-state index contributed by atoms with van der Waals surface area (Å²) < 4.78 is 27.3. The van der Waals surface area contributed by atoms with Crippen molar-refractivity contribution in [2.24, 2.45) is 0 Å². The van der Waals surface area contributed by atoms with Crippen molar-refractivity contribution in [3.63, 3.8) is 0 Å². The van der Waals surface area contributed by atoms with Gasteiger partial charge in [-0.2, -0.15) is 5.10 Å². The number of carbonyl (C=O) groups is 1. The van der Waals surface area contributed by atoms with E-state index >= 15 is 0 Å². The highest BCUT2D eigenvalue weighted by Crippen LogP contribution is 2.26. The van der Waals surface area contributed by atoms with E-state index in [1.807, 2.05) is 24.3 Å². The van der Waals surface area contributed by atoms with E-state index in [4.69, 9.17) is 4.84 Å². The average molecular weight is 370 g/mol. The predicted molar refractivity (Wildman–Crippen MR) is 96.7 cm³/mol. The molecule has 4 rings (SSSR count). The lowest BCUT2D eigenvalue weighted by atomic mass is 9.99. The number of fused-ring (bicyclic) bond motifs is 1. The second-order valence-electron chi connectivity index (χ2n) is 6.09. The monoisotopic (exact) mass is 370 g/mol. The SMILES string of the molecule is O=C(Nc1n[nH]c2ccccc12)ON1CC=C(c2cccc(F)c2F)CC1. The minimum absolute atomic E-state index is 0.238. The van der Waals surface area contributed by atoms with E-state index in [0.717, 1.165) is 17.0 Å². The zero-order valence-electron chi connectivity index (χ0n) is 14.2. The Balaban J connectivity index is 1.39. The van der Waals surface area contributed by atoms with Gasteiger partial charge in [-0.05, 0) is 30.2 Å². The van der Waals surface area contributed by atoms with Gasteiger partial charge in [0, 0.05) is 17.5 Å². The third-order valence-electron chi connectivity index (χ3n) is 4.37. The zero-order valence-corrected chi connectivity index (χ0v) is 14.2. The first-order valence-electron chi connectivity index (χ1n) is 8.42. The van der Waals surface area contributed by atoms with E-state index < -0.39 is 17.7 Å². The van der Waals surface area contributed by atoms with Crippen LogP contribution in [-0.2, 0) is 4.84 Å². The molecule has 2 aromatic carbocycles. The molecule has 0 atom stereocenters. The fraction of sp³-hybridized carbons (Fsp3) is 0.158. The van der Waals surface area contributed by atoms with Crippen molar-refractivity contribution in [1.82, 2.24) is 15.3 Å². The van der Waals surface area contributed by atoms with Gasteiger partial charge in [-0.1, -0.05) is 30.3 Å². The smallest absolute Gasteiger partial charge is 0.350 e. The zero-order chi connectivity index (χ0) is 18.8. The number of aromatic nitrogens is 2. The number of benzene rings is 2. The summed E-state index contributed by atoms with van der Waals surface area (Å²) in [5, 5.41) is 11.7. The van der Waals surface area contributed by atoms with Crippen molar-refractivity contribution in [1.29, 1.82) is 0 Å². The van der Waals surface area contributed by atoms with Gasteiger partial charge < -0.3 is 4.84 Å². The number of amides is 1. The molecule has 3 aromatic rings. The Kier molecular flexibility index (Phi) is 4.55. The number of carbonyl (C=O) groups excluding carboxylic acids is 1. The molecule has 27 heavy (non-hydrogen) atoms. The number of hydrogen-bond donors (Lipinski definition) is 2. The van der Waals surface area contributed by atoms with Crippen LogP contribution in [0.4, 0.5) is 19.4 Å². The van der Waals surface area contributed by atoms with Crippen molar-refractivity contribution in [2.75, 3.05) is 18.4 Å². The Morgan fingerprint density at radius 2 is 2.04 bits per heavy atom. The summed E-state index contributed by atoms with van der Waals surface area (Å²) in [6, 6.07) is 11.5. The molecule has 8 heteroatoms. The van der Waals surface area contributed by atoms with Gasteiger partial charge in [0.25, 0.3) is 0 Å². The molecular weight excluding hydrogens is 354 g/mol. The molecule has 0 fully saturated rings. The fourth-order valence-electron chi connectivity index (χ4n) is 3.03. The van der Waals surface area contributed by atoms with Crippen molar-refractivity contribution in [2.45, 2.75) is 6.42 Å². The summed E-state index contributed by atoms with van der Waals surface area (Å²) in [4.78, 5) is 17.4. The van der Waals surface area contributed by atoms with E-state index in [0.29, 0.717) is 24.4 Å². The number of nitrogens with one attached hydrogen (secondary N) is 2. The molecule has 138 valence electrons. The van der Waals surface area contributed by atoms with Crippen LogP contribution < -0.4 is 5.32 Å². The summed E-state index contributed by atoms with van der Waals surface area (Å²) >= 11 is 0. The van der Waals surface area contributed by atoms with Crippen LogP contribution in [0, 0.1) is 11.6 Å². The van der Waals surface area contributed by atoms with Gasteiger partial charge in [-0.15, -0.1) is 5.06 Å². The Labute approximate surface area is 153 Å². The van der Waals surface area contributed by atoms with Gasteiger partial charge in [-0.3, -0.25) is 10.4 Å². The van der Waals surface area contributed by atoms with Crippen LogP contribution in [0.25, 0.3) is 16.5 Å². The summed E-state index contributed by atoms with van der Waals surface area (Å²) in [5.41, 5.74) is 1.73. The van der Waals surface area contributed by atoms with Gasteiger partial charge in [0.2, 0.25) is 0 Å². The fourth-order valence-corrected chi connectivity index (χ4v) is 3.03. The first-order chi connectivity index (χ1) is 13.1. The average Bonchev–Trinajstić information content (AvgIpc) is 3.08. The number of nitrogens with zero attached hydrogens (tertiary/aromatic N) is 2. The normalized spacial score (nSPS) is 14.8. The van der Waals surface area contributed by atoms with Crippen molar-refractivity contribution >= 4 is 28.4 Å². The number of halogens is 2. The maximum Gasteiger partial charge on any atom is 0.432 e. The molecule has 1 aliphatic heterocycles. The quantitative estimate of drug-likeness (QED) is 0.728. The van der Waals surface area contributed by atoms with Gasteiger partial charge in [-0.25, -0.2) is 13.6 Å². The van der Waals surface area contributed by atoms with E-state index in [1.165, 1.54) is 17.2 Å². The second kappa shape index (κ2) is 7.16. The topological polar surface area (TPSA) is 70.2 Å². The molecule has 2 N–H and O–H groups in total. The van der Waals surface area contributed by atoms with Gasteiger partial charge in [0.1, 0.15) is 0 Å². The summed E-state index contributed by atoms with van der Waals surface area (Å²) in [5.74, 6) is -1.36. The Morgan fingerprint density at radius 1 is 1.19 bits per heavy atom. The third kappa shape index (κ3) is 3.52. The molecule has 1 amide bonds. The minimum Gasteiger partial charge on any atom is -0.350 e. The molecule has 0 unspecified atom stereocenters. The second-order valence-corrected chi connectivity index (χ2v) is 6.09. The highest BCUT2D eigenvalue weighted by molar-refractivity contribution is 5.96. The van der Waals surface area contributed by atoms with E-state index in [-0.39, 0.29) is 12.1 Å². The summed E-state index contributed by atoms with van der Waals surface area (Å²) in [7, 11) is 0. The molecule has 0 saturated heterocycles. The van der Waals surface area contributed by atoms with Crippen molar-refractivity contribution in [3.8, 4) is 0 Å². The lowest BCUT2D eigenvalue weighted by molar-refractivity contribution is -0.0852. The van der Waals surface area contributed by atoms with Crippen molar-refractivity contribution < 1.29 is 18.4 Å². The van der Waals surface area contributed by atoms with E-state index in [2.05, 4.69) is 15.5 Å². The number of rotatable bonds is 3. The largest absolute Gasteiger partial charge is 0.432 e. The van der Waals surface area contributed by atoms with Gasteiger partial charge in [0.15, 0.2) is 17.5 Å². The highest BCUT2D eigenvalue weighted by atomic mass is 19.2. The first-order valence-corrected chi connectivity index (χ1v) is 8.42. The molecule has 1 aromatic heterocycles. The molecule has 2 heterocycles. The number of anilines is 1. The molecule has 0 saturated carbocycles. The van der Waals surface area contributed by atoms with Crippen LogP contribution in [-0.4, -0.2) is 34.4 Å². The Hall–Kier alpha value is -3.26. The maximum atomic E-state index is 13.9. The molecule has 0 aliphatic carbocycles. The Morgan fingerprint density at radius 3 is 2.85 bits per heavy atom. The standard InChI is InChI=1S/C19H16F2N4O2/c20-15-6-3-5-13(17(15)21)12-8-10-25(11-9-12)27-19(26)22-18-14-4-1-2-7-16(14)23-24-18/h1-8H,9-11H2,(H2,22,23,24,26). The molecule has 0 bridgehead atoms. The molecule has 0 radical (unpaired) electrons. The molecule has 6 nitrogen and oxygen atoms in total. The Bertz CT molecular complexity index is 1030. The van der Waals surface area contributed by atoms with Crippen molar-refractivity contribution in [3.05, 3.63) is 65.7 Å². The highest BCUT2D eigenvalue weighted by Gasteiger charge is 2.20. The van der Waals surface area contributed by atoms with Crippen LogP contribution >= 0.6 is 0 Å². The molecule has 0 spiro atoms. The van der Waals surface area contributed by atoms with E-state index in [9.17, 15) is 13.6 Å².